The van der Waals surface area contributed by atoms with Gasteiger partial charge in [0.15, 0.2) is 11.5 Å². The van der Waals surface area contributed by atoms with Crippen LogP contribution < -0.4 is 14.4 Å². The molecule has 180 valence electrons. The van der Waals surface area contributed by atoms with Crippen molar-refractivity contribution < 1.29 is 14.3 Å². The molecule has 0 atom stereocenters. The third kappa shape index (κ3) is 4.37. The van der Waals surface area contributed by atoms with E-state index in [-0.39, 0.29) is 5.91 Å². The Morgan fingerprint density at radius 2 is 1.71 bits per heavy atom. The van der Waals surface area contributed by atoms with E-state index in [0.717, 1.165) is 69.1 Å². The van der Waals surface area contributed by atoms with Crippen LogP contribution >= 0.6 is 0 Å². The van der Waals surface area contributed by atoms with E-state index in [1.807, 2.05) is 29.3 Å². The van der Waals surface area contributed by atoms with E-state index < -0.39 is 0 Å². The van der Waals surface area contributed by atoms with Crippen LogP contribution in [0.3, 0.4) is 0 Å². The number of hydrogen-bond acceptors (Lipinski definition) is 8. The highest BCUT2D eigenvalue weighted by molar-refractivity contribution is 5.79. The second-order valence-electron chi connectivity index (χ2n) is 8.74. The van der Waals surface area contributed by atoms with Crippen molar-refractivity contribution in [3.05, 3.63) is 30.7 Å². The number of anilines is 1. The van der Waals surface area contributed by atoms with Crippen LogP contribution in [0.15, 0.2) is 30.7 Å². The molecule has 2 aliphatic rings. The Morgan fingerprint density at radius 3 is 2.44 bits per heavy atom. The lowest BCUT2D eigenvalue weighted by Gasteiger charge is -2.37. The van der Waals surface area contributed by atoms with Gasteiger partial charge in [-0.1, -0.05) is 6.07 Å². The number of fused-ring (bicyclic) bond motifs is 1. The summed E-state index contributed by atoms with van der Waals surface area (Å²) in [6, 6.07) is 5.85. The molecule has 0 unspecified atom stereocenters. The van der Waals surface area contributed by atoms with Crippen molar-refractivity contribution in [2.75, 3.05) is 64.9 Å². The van der Waals surface area contributed by atoms with Gasteiger partial charge in [-0.2, -0.15) is 14.6 Å². The summed E-state index contributed by atoms with van der Waals surface area (Å²) in [5.74, 6) is 3.08. The Bertz CT molecular complexity index is 1150. The van der Waals surface area contributed by atoms with Crippen LogP contribution in [0, 0.1) is 0 Å². The van der Waals surface area contributed by atoms with Crippen LogP contribution in [0.4, 0.5) is 5.82 Å². The third-order valence-corrected chi connectivity index (χ3v) is 6.71. The normalized spacial score (nSPS) is 17.2. The molecular formula is C24H31N7O3. The van der Waals surface area contributed by atoms with E-state index in [9.17, 15) is 4.79 Å². The largest absolute Gasteiger partial charge is 0.493 e. The molecule has 0 aliphatic carbocycles. The lowest BCUT2D eigenvalue weighted by atomic mass is 10.1. The quantitative estimate of drug-likeness (QED) is 0.546. The molecule has 10 heteroatoms. The number of nitrogens with zero attached hydrogens (tertiary/aromatic N) is 7. The molecule has 0 radical (unpaired) electrons. The van der Waals surface area contributed by atoms with Crippen LogP contribution in [0.25, 0.3) is 16.9 Å². The minimum atomic E-state index is 0.252. The van der Waals surface area contributed by atoms with Gasteiger partial charge in [-0.3, -0.25) is 9.69 Å². The number of likely N-dealkylation sites (tertiary alicyclic amines) is 1. The number of ether oxygens (including phenoxy) is 2. The van der Waals surface area contributed by atoms with Crippen LogP contribution in [0.5, 0.6) is 11.5 Å². The van der Waals surface area contributed by atoms with Gasteiger partial charge in [0.25, 0.3) is 5.78 Å². The zero-order chi connectivity index (χ0) is 23.5. The fraction of sp³-hybridized carbons (Fsp3) is 0.500. The van der Waals surface area contributed by atoms with Crippen LogP contribution in [-0.2, 0) is 4.79 Å². The maximum absolute atomic E-state index is 12.7. The molecule has 0 spiro atoms. The highest BCUT2D eigenvalue weighted by Gasteiger charge is 2.26. The Morgan fingerprint density at radius 1 is 0.941 bits per heavy atom. The number of benzene rings is 1. The van der Waals surface area contributed by atoms with Crippen molar-refractivity contribution in [2.24, 2.45) is 0 Å². The fourth-order valence-electron chi connectivity index (χ4n) is 4.83. The Hall–Kier alpha value is -3.40. The standard InChI is InChI=1S/C24H31N7O3/c1-33-20-7-6-18(14-21(20)34-2)19-15-25-24-26-17-27-31(24)23(19)30-12-10-28(11-13-30)16-22(32)29-8-4-3-5-9-29/h6-7,14-15,17H,3-5,8-13,16H2,1-2H3. The van der Waals surface area contributed by atoms with Gasteiger partial charge in [0, 0.05) is 51.0 Å². The first-order valence-electron chi connectivity index (χ1n) is 11.8. The summed E-state index contributed by atoms with van der Waals surface area (Å²) in [6.07, 6.45) is 6.83. The molecule has 3 aromatic rings. The monoisotopic (exact) mass is 465 g/mol. The number of carbonyl (C=O) groups excluding carboxylic acids is 1. The molecule has 34 heavy (non-hydrogen) atoms. The topological polar surface area (TPSA) is 88.3 Å². The summed E-state index contributed by atoms with van der Waals surface area (Å²) in [7, 11) is 3.26. The van der Waals surface area contributed by atoms with E-state index in [1.165, 1.54) is 12.7 Å². The van der Waals surface area contributed by atoms with Crippen LogP contribution in [-0.4, -0.2) is 95.3 Å². The molecule has 10 nitrogen and oxygen atoms in total. The van der Waals surface area contributed by atoms with Crippen molar-refractivity contribution in [3.8, 4) is 22.6 Å². The summed E-state index contributed by atoms with van der Waals surface area (Å²) in [5, 5.41) is 4.46. The Labute approximate surface area is 199 Å². The number of piperidine rings is 1. The average Bonchev–Trinajstić information content (AvgIpc) is 3.38. The Kier molecular flexibility index (Phi) is 6.48. The first-order chi connectivity index (χ1) is 16.7. The van der Waals surface area contributed by atoms with E-state index in [0.29, 0.717) is 23.8 Å². The molecule has 0 N–H and O–H groups in total. The SMILES string of the molecule is COc1ccc(-c2cnc3ncnn3c2N2CCN(CC(=O)N3CCCCC3)CC2)cc1OC. The second kappa shape index (κ2) is 9.84. The smallest absolute Gasteiger partial charge is 0.254 e. The van der Waals surface area contributed by atoms with Gasteiger partial charge < -0.3 is 19.3 Å². The molecule has 1 aromatic carbocycles. The number of hydrogen-bond donors (Lipinski definition) is 0. The number of aromatic nitrogens is 4. The lowest BCUT2D eigenvalue weighted by Crippen LogP contribution is -2.51. The molecule has 0 bridgehead atoms. The van der Waals surface area contributed by atoms with Gasteiger partial charge in [-0.05, 0) is 37.0 Å². The predicted molar refractivity (Wildman–Crippen MR) is 128 cm³/mol. The maximum atomic E-state index is 12.7. The highest BCUT2D eigenvalue weighted by atomic mass is 16.5. The first kappa shape index (κ1) is 22.4. The Balaban J connectivity index is 1.38. The highest BCUT2D eigenvalue weighted by Crippen LogP contribution is 2.36. The van der Waals surface area contributed by atoms with Crippen molar-refractivity contribution in [1.82, 2.24) is 29.4 Å². The minimum absolute atomic E-state index is 0.252. The number of carbonyl (C=O) groups is 1. The van der Waals surface area contributed by atoms with Gasteiger partial charge in [0.2, 0.25) is 5.91 Å². The molecule has 2 aliphatic heterocycles. The molecule has 4 heterocycles. The zero-order valence-corrected chi connectivity index (χ0v) is 19.8. The third-order valence-electron chi connectivity index (χ3n) is 6.71. The molecule has 2 aromatic heterocycles. The van der Waals surface area contributed by atoms with E-state index in [4.69, 9.17) is 9.47 Å². The van der Waals surface area contributed by atoms with E-state index >= 15 is 0 Å². The van der Waals surface area contributed by atoms with Crippen LogP contribution in [0.1, 0.15) is 19.3 Å². The molecule has 2 saturated heterocycles. The van der Waals surface area contributed by atoms with Crippen molar-refractivity contribution in [1.29, 1.82) is 0 Å². The molecule has 0 saturated carbocycles. The number of rotatable bonds is 6. The molecule has 1 amide bonds. The van der Waals surface area contributed by atoms with Crippen molar-refractivity contribution in [2.45, 2.75) is 19.3 Å². The van der Waals surface area contributed by atoms with Crippen LogP contribution in [0.2, 0.25) is 0 Å². The first-order valence-corrected chi connectivity index (χ1v) is 11.8. The van der Waals surface area contributed by atoms with Crippen molar-refractivity contribution in [3.63, 3.8) is 0 Å². The maximum Gasteiger partial charge on any atom is 0.254 e. The zero-order valence-electron chi connectivity index (χ0n) is 19.8. The average molecular weight is 466 g/mol. The minimum Gasteiger partial charge on any atom is -0.493 e. The fourth-order valence-corrected chi connectivity index (χ4v) is 4.83. The summed E-state index contributed by atoms with van der Waals surface area (Å²) in [6.45, 7) is 5.47. The second-order valence-corrected chi connectivity index (χ2v) is 8.74. The summed E-state index contributed by atoms with van der Waals surface area (Å²) in [5.41, 5.74) is 1.90. The van der Waals surface area contributed by atoms with Gasteiger partial charge in [-0.15, -0.1) is 0 Å². The van der Waals surface area contributed by atoms with E-state index in [1.54, 1.807) is 18.7 Å². The number of amides is 1. The van der Waals surface area contributed by atoms with Gasteiger partial charge >= 0.3 is 0 Å². The van der Waals surface area contributed by atoms with Gasteiger partial charge in [-0.25, -0.2) is 4.98 Å². The van der Waals surface area contributed by atoms with Crippen molar-refractivity contribution >= 4 is 17.5 Å². The van der Waals surface area contributed by atoms with Gasteiger partial charge in [0.05, 0.1) is 20.8 Å². The van der Waals surface area contributed by atoms with E-state index in [2.05, 4.69) is 24.9 Å². The molecule has 2 fully saturated rings. The summed E-state index contributed by atoms with van der Waals surface area (Å²) < 4.78 is 12.7. The molecular weight excluding hydrogens is 434 g/mol. The predicted octanol–water partition coefficient (Wildman–Crippen LogP) is 1.94. The summed E-state index contributed by atoms with van der Waals surface area (Å²) >= 11 is 0. The van der Waals surface area contributed by atoms with Gasteiger partial charge in [0.1, 0.15) is 12.1 Å². The molecule has 5 rings (SSSR count). The summed E-state index contributed by atoms with van der Waals surface area (Å²) in [4.78, 5) is 28.1. The number of methoxy groups -OCH3 is 2. The lowest BCUT2D eigenvalue weighted by molar-refractivity contribution is -0.133. The number of piperazine rings is 1.